The van der Waals surface area contributed by atoms with E-state index < -0.39 is 0 Å². The predicted molar refractivity (Wildman–Crippen MR) is 87.8 cm³/mol. The van der Waals surface area contributed by atoms with E-state index in [1.807, 2.05) is 6.20 Å². The molecule has 0 unspecified atom stereocenters. The minimum Gasteiger partial charge on any atom is -0.346 e. The van der Waals surface area contributed by atoms with Gasteiger partial charge in [0.25, 0.3) is 0 Å². The number of anilines is 1. The summed E-state index contributed by atoms with van der Waals surface area (Å²) in [6.45, 7) is 11.5. The monoisotopic (exact) mass is 296 g/mol. The van der Waals surface area contributed by atoms with Gasteiger partial charge < -0.3 is 10.2 Å². The molecule has 1 aliphatic heterocycles. The van der Waals surface area contributed by atoms with Crippen molar-refractivity contribution in [3.05, 3.63) is 11.6 Å². The molecule has 2 rings (SSSR count). The Morgan fingerprint density at radius 1 is 1.20 bits per heavy atom. The number of rotatable bonds is 8. The summed E-state index contributed by atoms with van der Waals surface area (Å²) in [6.07, 6.45) is 5.87. The molecule has 1 N–H and O–H groups in total. The van der Waals surface area contributed by atoms with Crippen LogP contribution in [0.2, 0.25) is 0 Å². The van der Waals surface area contributed by atoms with Crippen molar-refractivity contribution in [2.75, 3.05) is 44.2 Å². The van der Waals surface area contributed by atoms with Gasteiger partial charge in [-0.3, -0.25) is 4.90 Å². The third-order valence-electron chi connectivity index (χ3n) is 3.77. The molecule has 2 heterocycles. The summed E-state index contributed by atoms with van der Waals surface area (Å²) in [5.41, 5.74) is 0. The minimum absolute atomic E-state index is 0.619. The number of hydrogen-bond donors (Lipinski definition) is 1. The molecule has 0 spiro atoms. The second kappa shape index (κ2) is 8.60. The van der Waals surface area contributed by atoms with Gasteiger partial charge >= 0.3 is 0 Å². The molecular formula is C15H28N4S. The molecule has 20 heavy (non-hydrogen) atoms. The van der Waals surface area contributed by atoms with Gasteiger partial charge in [0, 0.05) is 43.8 Å². The first-order valence-electron chi connectivity index (χ1n) is 7.86. The van der Waals surface area contributed by atoms with Gasteiger partial charge in [-0.25, -0.2) is 4.98 Å². The van der Waals surface area contributed by atoms with Crippen molar-refractivity contribution < 1.29 is 0 Å². The van der Waals surface area contributed by atoms with E-state index in [-0.39, 0.29) is 0 Å². The predicted octanol–water partition coefficient (Wildman–Crippen LogP) is 2.43. The highest BCUT2D eigenvalue weighted by molar-refractivity contribution is 7.13. The maximum atomic E-state index is 4.39. The summed E-state index contributed by atoms with van der Waals surface area (Å²) in [6, 6.07) is 0.619. The normalized spacial score (nSPS) is 17.1. The lowest BCUT2D eigenvalue weighted by atomic mass is 10.2. The van der Waals surface area contributed by atoms with Crippen LogP contribution >= 0.6 is 11.3 Å². The van der Waals surface area contributed by atoms with E-state index in [4.69, 9.17) is 0 Å². The zero-order valence-electron chi connectivity index (χ0n) is 12.8. The third-order valence-corrected chi connectivity index (χ3v) is 4.60. The van der Waals surface area contributed by atoms with E-state index >= 15 is 0 Å². The first kappa shape index (κ1) is 15.7. The fourth-order valence-electron chi connectivity index (χ4n) is 2.56. The molecule has 0 saturated carbocycles. The largest absolute Gasteiger partial charge is 0.346 e. The molecule has 5 heteroatoms. The van der Waals surface area contributed by atoms with Crippen molar-refractivity contribution in [2.24, 2.45) is 0 Å². The zero-order valence-corrected chi connectivity index (χ0v) is 13.7. The molecule has 0 atom stereocenters. The van der Waals surface area contributed by atoms with E-state index in [0.717, 1.165) is 19.6 Å². The Bertz CT molecular complexity index is 345. The van der Waals surface area contributed by atoms with Crippen LogP contribution in [0.4, 0.5) is 5.13 Å². The number of piperazine rings is 1. The van der Waals surface area contributed by atoms with Crippen molar-refractivity contribution in [1.82, 2.24) is 15.2 Å². The van der Waals surface area contributed by atoms with Crippen LogP contribution in [0.15, 0.2) is 11.6 Å². The molecular weight excluding hydrogens is 268 g/mol. The van der Waals surface area contributed by atoms with Crippen LogP contribution in [0, 0.1) is 0 Å². The Balaban J connectivity index is 1.52. The van der Waals surface area contributed by atoms with Gasteiger partial charge in [0.15, 0.2) is 5.13 Å². The van der Waals surface area contributed by atoms with Crippen LogP contribution in [-0.4, -0.2) is 55.2 Å². The number of hydrogen-bond acceptors (Lipinski definition) is 5. The number of unbranched alkanes of at least 4 members (excludes halogenated alkanes) is 2. The summed E-state index contributed by atoms with van der Waals surface area (Å²) < 4.78 is 0. The van der Waals surface area contributed by atoms with Crippen molar-refractivity contribution >= 4 is 16.5 Å². The van der Waals surface area contributed by atoms with Crippen molar-refractivity contribution in [2.45, 2.75) is 39.2 Å². The summed E-state index contributed by atoms with van der Waals surface area (Å²) >= 11 is 1.75. The highest BCUT2D eigenvalue weighted by Gasteiger charge is 2.17. The third kappa shape index (κ3) is 5.38. The molecule has 1 aromatic heterocycles. The number of thiazole rings is 1. The maximum Gasteiger partial charge on any atom is 0.185 e. The van der Waals surface area contributed by atoms with Crippen molar-refractivity contribution in [1.29, 1.82) is 0 Å². The molecule has 0 amide bonds. The van der Waals surface area contributed by atoms with Crippen LogP contribution in [0.5, 0.6) is 0 Å². The average molecular weight is 296 g/mol. The van der Waals surface area contributed by atoms with Crippen LogP contribution in [0.3, 0.4) is 0 Å². The second-order valence-corrected chi connectivity index (χ2v) is 6.69. The molecule has 0 radical (unpaired) electrons. The number of nitrogens with one attached hydrogen (secondary N) is 1. The van der Waals surface area contributed by atoms with Crippen molar-refractivity contribution in [3.8, 4) is 0 Å². The lowest BCUT2D eigenvalue weighted by molar-refractivity contribution is 0.252. The van der Waals surface area contributed by atoms with E-state index in [1.165, 1.54) is 44.0 Å². The number of aromatic nitrogens is 1. The first-order chi connectivity index (χ1) is 9.75. The molecule has 0 aromatic carbocycles. The Hall–Kier alpha value is -0.650. The van der Waals surface area contributed by atoms with Gasteiger partial charge in [-0.05, 0) is 25.9 Å². The summed E-state index contributed by atoms with van der Waals surface area (Å²) in [5, 5.41) is 6.73. The number of nitrogens with zero attached hydrogens (tertiary/aromatic N) is 3. The van der Waals surface area contributed by atoms with Crippen molar-refractivity contribution in [3.63, 3.8) is 0 Å². The average Bonchev–Trinajstić information content (AvgIpc) is 2.97. The fraction of sp³-hybridized carbons (Fsp3) is 0.800. The summed E-state index contributed by atoms with van der Waals surface area (Å²) in [7, 11) is 0. The van der Waals surface area contributed by atoms with Gasteiger partial charge in [-0.15, -0.1) is 11.3 Å². The molecule has 1 fully saturated rings. The Labute approximate surface area is 127 Å². The fourth-order valence-corrected chi connectivity index (χ4v) is 3.26. The molecule has 4 nitrogen and oxygen atoms in total. The topological polar surface area (TPSA) is 31.4 Å². The first-order valence-corrected chi connectivity index (χ1v) is 8.74. The van der Waals surface area contributed by atoms with Gasteiger partial charge in [-0.1, -0.05) is 20.3 Å². The van der Waals surface area contributed by atoms with Gasteiger partial charge in [-0.2, -0.15) is 0 Å². The molecule has 1 aliphatic rings. The van der Waals surface area contributed by atoms with Gasteiger partial charge in [0.2, 0.25) is 0 Å². The molecule has 0 aliphatic carbocycles. The Morgan fingerprint density at radius 3 is 2.65 bits per heavy atom. The van der Waals surface area contributed by atoms with Crippen LogP contribution in [-0.2, 0) is 0 Å². The molecule has 1 aromatic rings. The molecule has 114 valence electrons. The summed E-state index contributed by atoms with van der Waals surface area (Å²) in [4.78, 5) is 9.40. The van der Waals surface area contributed by atoms with Crippen LogP contribution in [0.1, 0.15) is 33.1 Å². The smallest absolute Gasteiger partial charge is 0.185 e. The van der Waals surface area contributed by atoms with Gasteiger partial charge in [0.05, 0.1) is 0 Å². The van der Waals surface area contributed by atoms with E-state index in [9.17, 15) is 0 Å². The SMILES string of the molecule is CC(C)NCCCCCN1CCN(c2nccs2)CC1. The lowest BCUT2D eigenvalue weighted by Crippen LogP contribution is -2.46. The Morgan fingerprint density at radius 2 is 2.00 bits per heavy atom. The van der Waals surface area contributed by atoms with Crippen LogP contribution < -0.4 is 10.2 Å². The summed E-state index contributed by atoms with van der Waals surface area (Å²) in [5.74, 6) is 0. The second-order valence-electron chi connectivity index (χ2n) is 5.81. The minimum atomic E-state index is 0.619. The van der Waals surface area contributed by atoms with E-state index in [0.29, 0.717) is 6.04 Å². The standard InChI is InChI=1S/C15H28N4S/c1-14(2)16-6-4-3-5-8-18-9-11-19(12-10-18)15-17-7-13-20-15/h7,13-14,16H,3-6,8-12H2,1-2H3. The van der Waals surface area contributed by atoms with Crippen LogP contribution in [0.25, 0.3) is 0 Å². The molecule has 0 bridgehead atoms. The van der Waals surface area contributed by atoms with Gasteiger partial charge in [0.1, 0.15) is 0 Å². The highest BCUT2D eigenvalue weighted by Crippen LogP contribution is 2.18. The quantitative estimate of drug-likeness (QED) is 0.747. The van der Waals surface area contributed by atoms with E-state index in [1.54, 1.807) is 11.3 Å². The van der Waals surface area contributed by atoms with E-state index in [2.05, 4.69) is 39.3 Å². The zero-order chi connectivity index (χ0) is 14.2. The Kier molecular flexibility index (Phi) is 6.76. The lowest BCUT2D eigenvalue weighted by Gasteiger charge is -2.34. The highest BCUT2D eigenvalue weighted by atomic mass is 32.1. The maximum absolute atomic E-state index is 4.39. The molecule has 1 saturated heterocycles.